The molecule has 0 N–H and O–H groups in total. The molecule has 1 aliphatic carbocycles. The van der Waals surface area contributed by atoms with Crippen molar-refractivity contribution >= 4 is 5.97 Å². The second-order valence-corrected chi connectivity index (χ2v) is 2.52. The highest BCUT2D eigenvalue weighted by Gasteiger charge is 2.39. The van der Waals surface area contributed by atoms with Gasteiger partial charge in [0.05, 0.1) is 13.0 Å². The molecule has 0 radical (unpaired) electrons. The third-order valence-corrected chi connectivity index (χ3v) is 1.57. The van der Waals surface area contributed by atoms with Crippen LogP contribution in [0, 0.1) is 5.92 Å². The fraction of sp³-hybridized carbons (Fsp3) is 0.857. The van der Waals surface area contributed by atoms with E-state index in [0.717, 1.165) is 0 Å². The average molecular weight is 146 g/mol. The molecule has 1 aliphatic rings. The molecule has 1 rings (SSSR count). The first-order valence-corrected chi connectivity index (χ1v) is 3.53. The summed E-state index contributed by atoms with van der Waals surface area (Å²) in [6, 6.07) is 0. The molecule has 0 aromatic rings. The molecule has 0 aromatic heterocycles. The first kappa shape index (κ1) is 7.51. The highest BCUT2D eigenvalue weighted by Crippen LogP contribution is 2.36. The Morgan fingerprint density at radius 1 is 1.80 bits per heavy atom. The van der Waals surface area contributed by atoms with Crippen LogP contribution in [-0.2, 0) is 9.53 Å². The van der Waals surface area contributed by atoms with Crippen LogP contribution in [0.25, 0.3) is 0 Å². The molecule has 10 heavy (non-hydrogen) atoms. The maximum Gasteiger partial charge on any atom is 0.306 e. The second kappa shape index (κ2) is 2.99. The van der Waals surface area contributed by atoms with E-state index in [1.807, 2.05) is 0 Å². The van der Waals surface area contributed by atoms with E-state index in [4.69, 9.17) is 0 Å². The van der Waals surface area contributed by atoms with Gasteiger partial charge in [-0.2, -0.15) is 0 Å². The molecular formula is C7H11FO2. The molecule has 0 aliphatic heterocycles. The van der Waals surface area contributed by atoms with Crippen LogP contribution in [0.5, 0.6) is 0 Å². The number of hydrogen-bond acceptors (Lipinski definition) is 2. The minimum Gasteiger partial charge on any atom is -0.466 e. The lowest BCUT2D eigenvalue weighted by Gasteiger charge is -1.97. The molecule has 3 heteroatoms. The summed E-state index contributed by atoms with van der Waals surface area (Å²) in [7, 11) is 0. The second-order valence-electron chi connectivity index (χ2n) is 2.52. The van der Waals surface area contributed by atoms with Gasteiger partial charge in [0.2, 0.25) is 0 Å². The van der Waals surface area contributed by atoms with E-state index in [0.29, 0.717) is 13.0 Å². The standard InChI is InChI=1S/C7H11FO2/c1-2-10-7(9)4-5-3-6(5)8/h5-6H,2-4H2,1H3/t5-,6+/m1/s1. The molecule has 58 valence electrons. The van der Waals surface area contributed by atoms with Crippen molar-refractivity contribution in [1.29, 1.82) is 0 Å². The van der Waals surface area contributed by atoms with E-state index in [9.17, 15) is 9.18 Å². The number of rotatable bonds is 3. The van der Waals surface area contributed by atoms with Gasteiger partial charge in [-0.05, 0) is 13.3 Å². The summed E-state index contributed by atoms with van der Waals surface area (Å²) in [5, 5.41) is 0. The maximum absolute atomic E-state index is 12.2. The first-order valence-electron chi connectivity index (χ1n) is 3.53. The highest BCUT2D eigenvalue weighted by molar-refractivity contribution is 5.70. The van der Waals surface area contributed by atoms with Crippen molar-refractivity contribution < 1.29 is 13.9 Å². The normalized spacial score (nSPS) is 29.8. The number of alkyl halides is 1. The van der Waals surface area contributed by atoms with Crippen molar-refractivity contribution in [3.63, 3.8) is 0 Å². The number of halogens is 1. The maximum atomic E-state index is 12.2. The zero-order valence-corrected chi connectivity index (χ0v) is 5.97. The smallest absolute Gasteiger partial charge is 0.306 e. The van der Waals surface area contributed by atoms with Gasteiger partial charge in [-0.1, -0.05) is 0 Å². The zero-order chi connectivity index (χ0) is 7.56. The Bertz CT molecular complexity index is 136. The van der Waals surface area contributed by atoms with Gasteiger partial charge in [0.1, 0.15) is 6.17 Å². The van der Waals surface area contributed by atoms with Crippen molar-refractivity contribution in [3.8, 4) is 0 Å². The Hall–Kier alpha value is -0.600. The molecule has 1 fully saturated rings. The predicted octanol–water partition coefficient (Wildman–Crippen LogP) is 1.30. The van der Waals surface area contributed by atoms with Gasteiger partial charge >= 0.3 is 5.97 Å². The van der Waals surface area contributed by atoms with Crippen LogP contribution in [0.15, 0.2) is 0 Å². The quantitative estimate of drug-likeness (QED) is 0.561. The van der Waals surface area contributed by atoms with E-state index in [1.54, 1.807) is 6.92 Å². The zero-order valence-electron chi connectivity index (χ0n) is 5.97. The summed E-state index contributed by atoms with van der Waals surface area (Å²) in [6.07, 6.45) is 0.0535. The van der Waals surface area contributed by atoms with E-state index in [2.05, 4.69) is 4.74 Å². The van der Waals surface area contributed by atoms with Gasteiger partial charge in [-0.25, -0.2) is 4.39 Å². The molecule has 0 bridgehead atoms. The lowest BCUT2D eigenvalue weighted by molar-refractivity contribution is -0.143. The molecule has 0 saturated heterocycles. The van der Waals surface area contributed by atoms with Crippen molar-refractivity contribution in [2.24, 2.45) is 5.92 Å². The number of ether oxygens (including phenoxy) is 1. The van der Waals surface area contributed by atoms with Crippen LogP contribution >= 0.6 is 0 Å². The topological polar surface area (TPSA) is 26.3 Å². The Morgan fingerprint density at radius 2 is 2.40 bits per heavy atom. The molecule has 2 atom stereocenters. The molecular weight excluding hydrogens is 135 g/mol. The van der Waals surface area contributed by atoms with Crippen LogP contribution < -0.4 is 0 Å². The van der Waals surface area contributed by atoms with Gasteiger partial charge in [0, 0.05) is 5.92 Å². The molecule has 0 aromatic carbocycles. The first-order chi connectivity index (χ1) is 4.74. The molecule has 0 heterocycles. The summed E-state index contributed by atoms with van der Waals surface area (Å²) >= 11 is 0. The monoisotopic (exact) mass is 146 g/mol. The fourth-order valence-electron chi connectivity index (χ4n) is 0.856. The van der Waals surface area contributed by atoms with Crippen LogP contribution in [0.1, 0.15) is 19.8 Å². The van der Waals surface area contributed by atoms with E-state index < -0.39 is 6.17 Å². The van der Waals surface area contributed by atoms with Crippen molar-refractivity contribution in [3.05, 3.63) is 0 Å². The Kier molecular flexibility index (Phi) is 2.25. The largest absolute Gasteiger partial charge is 0.466 e. The van der Waals surface area contributed by atoms with Gasteiger partial charge in [-0.3, -0.25) is 4.79 Å². The highest BCUT2D eigenvalue weighted by atomic mass is 19.1. The Morgan fingerprint density at radius 3 is 2.80 bits per heavy atom. The Balaban J connectivity index is 2.07. The van der Waals surface area contributed by atoms with Crippen LogP contribution in [0.4, 0.5) is 4.39 Å². The number of hydrogen-bond donors (Lipinski definition) is 0. The Labute approximate surface area is 59.4 Å². The predicted molar refractivity (Wildman–Crippen MR) is 34.3 cm³/mol. The minimum atomic E-state index is -0.746. The average Bonchev–Trinajstić information content (AvgIpc) is 2.47. The molecule has 2 nitrogen and oxygen atoms in total. The molecule has 0 amide bonds. The van der Waals surface area contributed by atoms with Crippen molar-refractivity contribution in [2.75, 3.05) is 6.61 Å². The summed E-state index contributed by atoms with van der Waals surface area (Å²) in [5.74, 6) is -0.313. The van der Waals surface area contributed by atoms with Crippen molar-refractivity contribution in [1.82, 2.24) is 0 Å². The van der Waals surface area contributed by atoms with Crippen molar-refractivity contribution in [2.45, 2.75) is 25.9 Å². The van der Waals surface area contributed by atoms with Crippen LogP contribution in [-0.4, -0.2) is 18.7 Å². The third kappa shape index (κ3) is 1.97. The lowest BCUT2D eigenvalue weighted by atomic mass is 10.3. The number of esters is 1. The fourth-order valence-corrected chi connectivity index (χ4v) is 0.856. The summed E-state index contributed by atoms with van der Waals surface area (Å²) in [5.41, 5.74) is 0. The molecule has 0 spiro atoms. The minimum absolute atomic E-state index is 0.0425. The summed E-state index contributed by atoms with van der Waals surface area (Å²) in [6.45, 7) is 2.14. The van der Waals surface area contributed by atoms with Gasteiger partial charge in [-0.15, -0.1) is 0 Å². The third-order valence-electron chi connectivity index (χ3n) is 1.57. The van der Waals surface area contributed by atoms with E-state index in [1.165, 1.54) is 0 Å². The van der Waals surface area contributed by atoms with Gasteiger partial charge in [0.25, 0.3) is 0 Å². The lowest BCUT2D eigenvalue weighted by Crippen LogP contribution is -2.04. The van der Waals surface area contributed by atoms with Crippen LogP contribution in [0.2, 0.25) is 0 Å². The summed E-state index contributed by atoms with van der Waals surface area (Å²) in [4.78, 5) is 10.7. The van der Waals surface area contributed by atoms with Gasteiger partial charge < -0.3 is 4.74 Å². The van der Waals surface area contributed by atoms with Crippen LogP contribution in [0.3, 0.4) is 0 Å². The SMILES string of the molecule is CCOC(=O)C[C@H]1C[C@@H]1F. The van der Waals surface area contributed by atoms with E-state index >= 15 is 0 Å². The van der Waals surface area contributed by atoms with E-state index in [-0.39, 0.29) is 18.3 Å². The summed E-state index contributed by atoms with van der Waals surface area (Å²) < 4.78 is 16.8. The number of carbonyl (C=O) groups excluding carboxylic acids is 1. The number of carbonyl (C=O) groups is 1. The molecule has 0 unspecified atom stereocenters. The van der Waals surface area contributed by atoms with Gasteiger partial charge in [0.15, 0.2) is 0 Å². The molecule has 1 saturated carbocycles.